The fourth-order valence-electron chi connectivity index (χ4n) is 6.22. The van der Waals surface area contributed by atoms with E-state index in [0.717, 1.165) is 85.4 Å². The summed E-state index contributed by atoms with van der Waals surface area (Å²) in [6.45, 7) is 12.5. The van der Waals surface area contributed by atoms with Crippen LogP contribution in [0.5, 0.6) is 0 Å². The largest absolute Gasteiger partial charge is 0.481 e. The van der Waals surface area contributed by atoms with E-state index in [9.17, 15) is 36.6 Å². The zero-order chi connectivity index (χ0) is 39.3. The van der Waals surface area contributed by atoms with Gasteiger partial charge in [-0.15, -0.1) is 0 Å². The molecule has 0 saturated heterocycles. The normalized spacial score (nSPS) is 12.7. The minimum absolute atomic E-state index is 0. The Morgan fingerprint density at radius 3 is 1.42 bits per heavy atom. The molecule has 0 saturated carbocycles. The fourth-order valence-corrected chi connectivity index (χ4v) is 6.22. The smallest absolute Gasteiger partial charge is 0.303 e. The number of aromatic nitrogens is 4. The molecule has 0 unspecified atom stereocenters. The Kier molecular flexibility index (Phi) is 15.5. The van der Waals surface area contributed by atoms with Gasteiger partial charge in [-0.05, 0) is 122 Å². The molecule has 8 bridgehead atoms. The first-order valence-corrected chi connectivity index (χ1v) is 20.1. The van der Waals surface area contributed by atoms with E-state index in [1.807, 2.05) is 26.0 Å². The van der Waals surface area contributed by atoms with Gasteiger partial charge in [-0.1, -0.05) is 13.8 Å². The number of carbonyl (C=O) groups is 2. The molecule has 0 aliphatic carbocycles. The Labute approximate surface area is 319 Å². The summed E-state index contributed by atoms with van der Waals surface area (Å²) in [6.07, 6.45) is 3.82. The van der Waals surface area contributed by atoms with Crippen molar-refractivity contribution in [2.45, 2.75) is 80.1 Å². The molecule has 6 N–H and O–H groups in total. The number of aliphatic carboxylic acids is 2. The summed E-state index contributed by atoms with van der Waals surface area (Å²) in [4.78, 5) is 40.3. The van der Waals surface area contributed by atoms with Gasteiger partial charge in [0.2, 0.25) is 0 Å². The van der Waals surface area contributed by atoms with Crippen LogP contribution in [0.15, 0.2) is 24.3 Å². The summed E-state index contributed by atoms with van der Waals surface area (Å²) in [5, 5.41) is 18.9. The van der Waals surface area contributed by atoms with Gasteiger partial charge in [0.1, 0.15) is 0 Å². The van der Waals surface area contributed by atoms with Gasteiger partial charge in [-0.3, -0.25) is 18.7 Å². The summed E-state index contributed by atoms with van der Waals surface area (Å²) in [6, 6.07) is 8.19. The molecule has 0 aromatic carbocycles. The van der Waals surface area contributed by atoms with Crippen molar-refractivity contribution in [2.75, 3.05) is 12.5 Å². The Hall–Kier alpha value is -4.13. The maximum Gasteiger partial charge on any atom is 0.303 e. The molecule has 291 valence electrons. The molecule has 17 heteroatoms. The Morgan fingerprint density at radius 2 is 0.962 bits per heavy atom. The second kappa shape index (κ2) is 18.3. The molecule has 2 aliphatic rings. The van der Waals surface area contributed by atoms with Gasteiger partial charge in [0.15, 0.2) is 0 Å². The van der Waals surface area contributed by atoms with Crippen LogP contribution in [-0.2, 0) is 59.4 Å². The SMILES string of the molecule is CCC1=C(C)c2cc3[nH]c(cc4nc(cc5[nH]c(cc1n2)c(C)c5CCC(=O)O)C(CCC(=O)O)=C4C)c(C)c3CC.CS(=O)(=O)O.CS(=O)(=O)O.[Co]. The molecular formula is C36H46CoN4O10S2. The number of hydrogen-bond acceptors (Lipinski definition) is 8. The quantitative estimate of drug-likeness (QED) is 0.131. The maximum atomic E-state index is 11.5. The van der Waals surface area contributed by atoms with Gasteiger partial charge < -0.3 is 20.2 Å². The summed E-state index contributed by atoms with van der Waals surface area (Å²) < 4.78 is 51.7. The maximum absolute atomic E-state index is 11.5. The van der Waals surface area contributed by atoms with Crippen molar-refractivity contribution in [1.29, 1.82) is 0 Å². The van der Waals surface area contributed by atoms with Gasteiger partial charge in [-0.2, -0.15) is 16.8 Å². The number of hydrogen-bond donors (Lipinski definition) is 6. The second-order valence-corrected chi connectivity index (χ2v) is 15.6. The van der Waals surface area contributed by atoms with E-state index in [1.54, 1.807) is 0 Å². The van der Waals surface area contributed by atoms with Crippen molar-refractivity contribution in [1.82, 2.24) is 19.9 Å². The van der Waals surface area contributed by atoms with E-state index < -0.39 is 32.2 Å². The van der Waals surface area contributed by atoms with Crippen LogP contribution in [0.2, 0.25) is 0 Å². The predicted molar refractivity (Wildman–Crippen MR) is 203 cm³/mol. The van der Waals surface area contributed by atoms with Crippen molar-refractivity contribution in [3.05, 3.63) is 69.3 Å². The van der Waals surface area contributed by atoms with Gasteiger partial charge >= 0.3 is 11.9 Å². The van der Waals surface area contributed by atoms with E-state index in [1.165, 1.54) is 11.1 Å². The van der Waals surface area contributed by atoms with E-state index in [4.69, 9.17) is 19.1 Å². The number of H-pyrrole nitrogens is 2. The Morgan fingerprint density at radius 1 is 0.604 bits per heavy atom. The molecule has 3 aromatic heterocycles. The third-order valence-corrected chi connectivity index (χ3v) is 8.69. The molecule has 0 spiro atoms. The van der Waals surface area contributed by atoms with Gasteiger partial charge in [-0.25, -0.2) is 9.97 Å². The standard InChI is InChI=1S/C34H38N4O4.2CH4O3S.Co/c1-7-21-17(3)25-13-26-19(5)23(9-11-33(39)40)31(37-26)16-32-24(10-12-34(41)42)20(6)28(38-32)15-30-22(8-2)18(4)27(36-30)14-29(21)35-25;2*1-5(2,3)4;/h13-16,35,38H,7-12H2,1-6H3,(H,39,40)(H,41,42);2*1H3,(H,2,3,4);. The molecular weight excluding hydrogens is 771 g/mol. The van der Waals surface area contributed by atoms with Crippen LogP contribution < -0.4 is 0 Å². The predicted octanol–water partition coefficient (Wildman–Crippen LogP) is 6.65. The van der Waals surface area contributed by atoms with Crippen molar-refractivity contribution < 1.29 is 62.5 Å². The van der Waals surface area contributed by atoms with Crippen molar-refractivity contribution in [3.63, 3.8) is 0 Å². The fraction of sp³-hybridized carbons (Fsp3) is 0.389. The van der Waals surface area contributed by atoms with Crippen LogP contribution in [0, 0.1) is 13.8 Å². The van der Waals surface area contributed by atoms with Crippen molar-refractivity contribution in [2.24, 2.45) is 0 Å². The molecule has 0 atom stereocenters. The second-order valence-electron chi connectivity index (χ2n) is 12.6. The van der Waals surface area contributed by atoms with Crippen molar-refractivity contribution >= 4 is 76.5 Å². The Bertz CT molecular complexity index is 2310. The first kappa shape index (κ1) is 45.0. The van der Waals surface area contributed by atoms with Crippen LogP contribution in [0.1, 0.15) is 98.4 Å². The van der Waals surface area contributed by atoms with E-state index in [2.05, 4.69) is 49.8 Å². The number of aromatic amines is 2. The number of aryl methyl sites for hydroxylation is 4. The zero-order valence-corrected chi connectivity index (χ0v) is 33.5. The van der Waals surface area contributed by atoms with Crippen LogP contribution in [0.3, 0.4) is 0 Å². The third-order valence-electron chi connectivity index (χ3n) is 8.69. The van der Waals surface area contributed by atoms with Crippen LogP contribution in [0.4, 0.5) is 0 Å². The first-order chi connectivity index (χ1) is 24.0. The van der Waals surface area contributed by atoms with Gasteiger partial charge in [0.05, 0.1) is 35.3 Å². The minimum Gasteiger partial charge on any atom is -0.481 e. The summed E-state index contributed by atoms with van der Waals surface area (Å²) in [5.41, 5.74) is 15.4. The number of carboxylic acid groups (broad SMARTS) is 2. The molecule has 14 nitrogen and oxygen atoms in total. The minimum atomic E-state index is -3.67. The number of allylic oxidation sites excluding steroid dienone is 4. The molecule has 5 rings (SSSR count). The van der Waals surface area contributed by atoms with Crippen LogP contribution >= 0.6 is 0 Å². The van der Waals surface area contributed by atoms with Crippen LogP contribution in [-0.4, -0.2) is 80.5 Å². The molecule has 0 fully saturated rings. The van der Waals surface area contributed by atoms with Gasteiger partial charge in [0, 0.05) is 51.7 Å². The summed E-state index contributed by atoms with van der Waals surface area (Å²) in [7, 11) is -7.33. The average molecular weight is 818 g/mol. The molecule has 3 aromatic rings. The molecule has 1 radical (unpaired) electrons. The third kappa shape index (κ3) is 12.5. The number of carboxylic acids is 2. The van der Waals surface area contributed by atoms with Gasteiger partial charge in [0.25, 0.3) is 20.2 Å². The van der Waals surface area contributed by atoms with E-state index in [-0.39, 0.29) is 29.6 Å². The summed E-state index contributed by atoms with van der Waals surface area (Å²) in [5.74, 6) is -1.72. The number of nitrogens with one attached hydrogen (secondary N) is 2. The average Bonchev–Trinajstić information content (AvgIpc) is 3.66. The molecule has 5 heterocycles. The number of rotatable bonds is 8. The Balaban J connectivity index is 0.000000783. The first-order valence-electron chi connectivity index (χ1n) is 16.4. The van der Waals surface area contributed by atoms with E-state index >= 15 is 0 Å². The molecule has 0 amide bonds. The zero-order valence-electron chi connectivity index (χ0n) is 30.8. The number of fused-ring (bicyclic) bond motifs is 8. The molecule has 2 aliphatic heterocycles. The summed E-state index contributed by atoms with van der Waals surface area (Å²) >= 11 is 0. The van der Waals surface area contributed by atoms with E-state index in [0.29, 0.717) is 31.0 Å². The molecule has 53 heavy (non-hydrogen) atoms. The monoisotopic (exact) mass is 817 g/mol. The van der Waals surface area contributed by atoms with Crippen LogP contribution in [0.25, 0.3) is 44.4 Å². The number of nitrogens with zero attached hydrogens (tertiary/aromatic N) is 2. The van der Waals surface area contributed by atoms with Crippen molar-refractivity contribution in [3.8, 4) is 0 Å². The topological polar surface area (TPSA) is 241 Å².